The number of hydrogen-bond acceptors (Lipinski definition) is 3. The molecule has 2 heterocycles. The van der Waals surface area contributed by atoms with Crippen LogP contribution in [0.2, 0.25) is 0 Å². The van der Waals surface area contributed by atoms with Gasteiger partial charge < -0.3 is 15.0 Å². The van der Waals surface area contributed by atoms with Gasteiger partial charge in [-0.05, 0) is 18.8 Å². The highest BCUT2D eigenvalue weighted by molar-refractivity contribution is 5.75. The number of ether oxygens (including phenoxy) is 1. The highest BCUT2D eigenvalue weighted by Gasteiger charge is 2.35. The molecule has 0 bridgehead atoms. The number of urea groups is 1. The van der Waals surface area contributed by atoms with Crippen molar-refractivity contribution in [2.45, 2.75) is 45.0 Å². The van der Waals surface area contributed by atoms with E-state index in [0.717, 1.165) is 6.42 Å². The van der Waals surface area contributed by atoms with Crippen LogP contribution in [0.25, 0.3) is 0 Å². The van der Waals surface area contributed by atoms with Crippen LogP contribution < -0.4 is 5.32 Å². The fourth-order valence-electron chi connectivity index (χ4n) is 2.99. The second-order valence-electron chi connectivity index (χ2n) is 6.87. The van der Waals surface area contributed by atoms with Crippen molar-refractivity contribution in [1.82, 2.24) is 15.1 Å². The lowest BCUT2D eigenvalue weighted by molar-refractivity contribution is -0.143. The average Bonchev–Trinajstić information content (AvgIpc) is 3.04. The summed E-state index contributed by atoms with van der Waals surface area (Å²) in [5.74, 6) is 0.455. The van der Waals surface area contributed by atoms with Crippen LogP contribution in [0.4, 0.5) is 18.0 Å². The van der Waals surface area contributed by atoms with Gasteiger partial charge in [0.05, 0.1) is 12.6 Å². The molecule has 5 nitrogen and oxygen atoms in total. The molecule has 0 radical (unpaired) electrons. The van der Waals surface area contributed by atoms with Gasteiger partial charge in [-0.15, -0.1) is 0 Å². The number of likely N-dealkylation sites (tertiary alicyclic amines) is 2. The second-order valence-corrected chi connectivity index (χ2v) is 6.87. The van der Waals surface area contributed by atoms with Crippen molar-refractivity contribution in [2.75, 3.05) is 39.3 Å². The lowest BCUT2D eigenvalue weighted by Crippen LogP contribution is -2.45. The van der Waals surface area contributed by atoms with E-state index in [-0.39, 0.29) is 24.7 Å². The zero-order valence-corrected chi connectivity index (χ0v) is 13.7. The first kappa shape index (κ1) is 18.3. The highest BCUT2D eigenvalue weighted by Crippen LogP contribution is 2.20. The molecule has 0 aliphatic carbocycles. The third-order valence-corrected chi connectivity index (χ3v) is 4.10. The standard InChI is InChI=1S/C15H26F3N3O2/c1-11(2)9-23-13-4-6-21(8-13)14(22)19-12-3-5-20(7-12)10-15(16,17)18/h11-13H,3-10H2,1-2H3,(H,19,22)/t12-,13+/m0/s1. The van der Waals surface area contributed by atoms with Gasteiger partial charge in [0.1, 0.15) is 0 Å². The van der Waals surface area contributed by atoms with Crippen molar-refractivity contribution in [3.8, 4) is 0 Å². The number of halogens is 3. The number of rotatable bonds is 5. The molecule has 2 rings (SSSR count). The Labute approximate surface area is 135 Å². The maximum absolute atomic E-state index is 12.4. The number of nitrogens with zero attached hydrogens (tertiary/aromatic N) is 2. The molecule has 0 aromatic carbocycles. The Morgan fingerprint density at radius 1 is 1.26 bits per heavy atom. The van der Waals surface area contributed by atoms with Gasteiger partial charge in [0.2, 0.25) is 0 Å². The summed E-state index contributed by atoms with van der Waals surface area (Å²) >= 11 is 0. The predicted octanol–water partition coefficient (Wildman–Crippen LogP) is 2.08. The number of amides is 2. The van der Waals surface area contributed by atoms with E-state index in [2.05, 4.69) is 19.2 Å². The molecular formula is C15H26F3N3O2. The van der Waals surface area contributed by atoms with Crippen molar-refractivity contribution in [2.24, 2.45) is 5.92 Å². The van der Waals surface area contributed by atoms with E-state index in [0.29, 0.717) is 38.6 Å². The summed E-state index contributed by atoms with van der Waals surface area (Å²) in [5.41, 5.74) is 0. The summed E-state index contributed by atoms with van der Waals surface area (Å²) in [7, 11) is 0. The molecule has 1 N–H and O–H groups in total. The van der Waals surface area contributed by atoms with E-state index in [9.17, 15) is 18.0 Å². The van der Waals surface area contributed by atoms with Gasteiger partial charge in [0.25, 0.3) is 0 Å². The summed E-state index contributed by atoms with van der Waals surface area (Å²) in [6, 6.07) is -0.403. The Kier molecular flexibility index (Phi) is 6.13. The average molecular weight is 337 g/mol. The van der Waals surface area contributed by atoms with Crippen LogP contribution in [0.15, 0.2) is 0 Å². The third kappa shape index (κ3) is 6.18. The Balaban J connectivity index is 1.69. The molecule has 2 amide bonds. The smallest absolute Gasteiger partial charge is 0.376 e. The summed E-state index contributed by atoms with van der Waals surface area (Å²) in [5, 5.41) is 2.84. The quantitative estimate of drug-likeness (QED) is 0.835. The van der Waals surface area contributed by atoms with E-state index in [4.69, 9.17) is 4.74 Å². The molecule has 134 valence electrons. The molecule has 0 aromatic heterocycles. The van der Waals surface area contributed by atoms with Crippen molar-refractivity contribution in [3.63, 3.8) is 0 Å². The third-order valence-electron chi connectivity index (χ3n) is 4.10. The van der Waals surface area contributed by atoms with Gasteiger partial charge in [0, 0.05) is 38.8 Å². The minimum atomic E-state index is -4.19. The van der Waals surface area contributed by atoms with Gasteiger partial charge in [-0.1, -0.05) is 13.8 Å². The van der Waals surface area contributed by atoms with Crippen LogP contribution in [0, 0.1) is 5.92 Å². The van der Waals surface area contributed by atoms with E-state index in [1.165, 1.54) is 4.90 Å². The first-order chi connectivity index (χ1) is 10.7. The number of carbonyl (C=O) groups excluding carboxylic acids is 1. The van der Waals surface area contributed by atoms with Crippen LogP contribution in [0.1, 0.15) is 26.7 Å². The van der Waals surface area contributed by atoms with Crippen molar-refractivity contribution in [1.29, 1.82) is 0 Å². The lowest BCUT2D eigenvalue weighted by atomic mass is 10.2. The Hall–Kier alpha value is -1.02. The minimum absolute atomic E-state index is 0.0634. The van der Waals surface area contributed by atoms with Crippen LogP contribution >= 0.6 is 0 Å². The van der Waals surface area contributed by atoms with E-state index in [1.54, 1.807) is 4.90 Å². The van der Waals surface area contributed by atoms with E-state index in [1.807, 2.05) is 0 Å². The first-order valence-corrected chi connectivity index (χ1v) is 8.19. The van der Waals surface area contributed by atoms with Crippen LogP contribution in [0.3, 0.4) is 0 Å². The zero-order valence-electron chi connectivity index (χ0n) is 13.7. The number of nitrogens with one attached hydrogen (secondary N) is 1. The minimum Gasteiger partial charge on any atom is -0.376 e. The van der Waals surface area contributed by atoms with Crippen molar-refractivity contribution >= 4 is 6.03 Å². The van der Waals surface area contributed by atoms with E-state index >= 15 is 0 Å². The molecular weight excluding hydrogens is 311 g/mol. The number of hydrogen-bond donors (Lipinski definition) is 1. The zero-order chi connectivity index (χ0) is 17.0. The maximum atomic E-state index is 12.4. The fraction of sp³-hybridized carbons (Fsp3) is 0.933. The molecule has 2 aliphatic heterocycles. The SMILES string of the molecule is CC(C)CO[C@@H]1CCN(C(=O)N[C@H]2CCN(CC(F)(F)F)C2)C1. The summed E-state index contributed by atoms with van der Waals surface area (Å²) < 4.78 is 42.8. The Morgan fingerprint density at radius 2 is 2.00 bits per heavy atom. The highest BCUT2D eigenvalue weighted by atomic mass is 19.4. The maximum Gasteiger partial charge on any atom is 0.401 e. The van der Waals surface area contributed by atoms with Gasteiger partial charge in [-0.25, -0.2) is 4.79 Å². The summed E-state index contributed by atoms with van der Waals surface area (Å²) in [6.07, 6.45) is -2.75. The first-order valence-electron chi connectivity index (χ1n) is 8.19. The van der Waals surface area contributed by atoms with Gasteiger partial charge in [0.15, 0.2) is 0 Å². The number of carbonyl (C=O) groups is 1. The molecule has 0 saturated carbocycles. The molecule has 0 unspecified atom stereocenters. The summed E-state index contributed by atoms with van der Waals surface area (Å²) in [4.78, 5) is 15.2. The molecule has 8 heteroatoms. The lowest BCUT2D eigenvalue weighted by Gasteiger charge is -2.22. The topological polar surface area (TPSA) is 44.8 Å². The van der Waals surface area contributed by atoms with Crippen LogP contribution in [-0.4, -0.2) is 73.5 Å². The molecule has 0 aromatic rings. The molecule has 0 spiro atoms. The van der Waals surface area contributed by atoms with Crippen LogP contribution in [0.5, 0.6) is 0 Å². The molecule has 23 heavy (non-hydrogen) atoms. The monoisotopic (exact) mass is 337 g/mol. The fourth-order valence-corrected chi connectivity index (χ4v) is 2.99. The normalized spacial score (nSPS) is 26.3. The largest absolute Gasteiger partial charge is 0.401 e. The molecule has 2 saturated heterocycles. The molecule has 2 aliphatic rings. The number of alkyl halides is 3. The van der Waals surface area contributed by atoms with Crippen molar-refractivity contribution in [3.05, 3.63) is 0 Å². The molecule has 2 atom stereocenters. The van der Waals surface area contributed by atoms with Crippen LogP contribution in [-0.2, 0) is 4.74 Å². The molecule has 2 fully saturated rings. The Bertz CT molecular complexity index is 404. The Morgan fingerprint density at radius 3 is 2.65 bits per heavy atom. The second kappa shape index (κ2) is 7.70. The predicted molar refractivity (Wildman–Crippen MR) is 80.2 cm³/mol. The van der Waals surface area contributed by atoms with Gasteiger partial charge in [-0.3, -0.25) is 4.90 Å². The van der Waals surface area contributed by atoms with Gasteiger partial charge in [-0.2, -0.15) is 13.2 Å². The van der Waals surface area contributed by atoms with Crippen molar-refractivity contribution < 1.29 is 22.7 Å². The van der Waals surface area contributed by atoms with E-state index < -0.39 is 12.7 Å². The summed E-state index contributed by atoms with van der Waals surface area (Å²) in [6.45, 7) is 5.73. The van der Waals surface area contributed by atoms with Gasteiger partial charge >= 0.3 is 12.2 Å².